The standard InChI is InChI=1S/C26H23FN2O3S2/c1-3-18-12-14-22(15-13-18)29(2)34(31,32)25-23(19-8-5-4-6-9-19)17-33-24(25)26(30)28-21-11-7-10-20(27)16-21/h4-17H,3H2,1-2H3,(H,28,30). The van der Waals surface area contributed by atoms with Crippen molar-refractivity contribution in [2.24, 2.45) is 0 Å². The number of hydrogen-bond donors (Lipinski definition) is 1. The second-order valence-corrected chi connectivity index (χ2v) is 10.4. The first-order valence-corrected chi connectivity index (χ1v) is 12.9. The number of sulfonamides is 1. The molecule has 0 unspecified atom stereocenters. The molecular weight excluding hydrogens is 471 g/mol. The van der Waals surface area contributed by atoms with Crippen molar-refractivity contribution in [2.45, 2.75) is 18.2 Å². The van der Waals surface area contributed by atoms with Crippen molar-refractivity contribution in [1.29, 1.82) is 0 Å². The Hall–Kier alpha value is -3.49. The van der Waals surface area contributed by atoms with Crippen LogP contribution in [0.25, 0.3) is 11.1 Å². The molecule has 0 fully saturated rings. The van der Waals surface area contributed by atoms with Gasteiger partial charge in [-0.25, -0.2) is 12.8 Å². The molecule has 0 radical (unpaired) electrons. The van der Waals surface area contributed by atoms with Gasteiger partial charge >= 0.3 is 0 Å². The number of carbonyl (C=O) groups excluding carboxylic acids is 1. The predicted octanol–water partition coefficient (Wildman–Crippen LogP) is 6.19. The van der Waals surface area contributed by atoms with E-state index in [1.165, 1.54) is 29.6 Å². The van der Waals surface area contributed by atoms with E-state index in [2.05, 4.69) is 5.32 Å². The molecule has 34 heavy (non-hydrogen) atoms. The zero-order valence-electron chi connectivity index (χ0n) is 18.7. The van der Waals surface area contributed by atoms with Gasteiger partial charge in [0.15, 0.2) is 0 Å². The maximum Gasteiger partial charge on any atom is 0.267 e. The highest BCUT2D eigenvalue weighted by molar-refractivity contribution is 7.93. The minimum atomic E-state index is -4.11. The number of amides is 1. The van der Waals surface area contributed by atoms with E-state index in [0.717, 1.165) is 23.3 Å². The quantitative estimate of drug-likeness (QED) is 0.333. The first-order valence-electron chi connectivity index (χ1n) is 10.6. The normalized spacial score (nSPS) is 11.3. The topological polar surface area (TPSA) is 66.5 Å². The minimum absolute atomic E-state index is 0.0279. The van der Waals surface area contributed by atoms with E-state index < -0.39 is 21.7 Å². The number of aryl methyl sites for hydroxylation is 1. The Morgan fingerprint density at radius 1 is 1.00 bits per heavy atom. The van der Waals surface area contributed by atoms with Gasteiger partial charge in [-0.3, -0.25) is 9.10 Å². The average molecular weight is 495 g/mol. The van der Waals surface area contributed by atoms with Crippen molar-refractivity contribution < 1.29 is 17.6 Å². The third-order valence-electron chi connectivity index (χ3n) is 5.45. The van der Waals surface area contributed by atoms with Crippen LogP contribution in [0.15, 0.2) is 89.1 Å². The molecule has 1 amide bonds. The first kappa shape index (κ1) is 23.7. The molecular formula is C26H23FN2O3S2. The highest BCUT2D eigenvalue weighted by Gasteiger charge is 2.32. The van der Waals surface area contributed by atoms with Crippen molar-refractivity contribution in [3.05, 3.63) is 101 Å². The molecule has 8 heteroatoms. The van der Waals surface area contributed by atoms with Gasteiger partial charge < -0.3 is 5.32 Å². The number of thiophene rings is 1. The van der Waals surface area contributed by atoms with Gasteiger partial charge in [0.1, 0.15) is 15.6 Å². The third kappa shape index (κ3) is 4.73. The van der Waals surface area contributed by atoms with Crippen molar-refractivity contribution in [2.75, 3.05) is 16.7 Å². The van der Waals surface area contributed by atoms with Crippen molar-refractivity contribution in [1.82, 2.24) is 0 Å². The fraction of sp³-hybridized carbons (Fsp3) is 0.115. The van der Waals surface area contributed by atoms with Crippen molar-refractivity contribution in [3.8, 4) is 11.1 Å². The number of anilines is 2. The summed E-state index contributed by atoms with van der Waals surface area (Å²) in [7, 11) is -2.65. The van der Waals surface area contributed by atoms with Gasteiger partial charge in [0, 0.05) is 23.7 Å². The van der Waals surface area contributed by atoms with E-state index in [1.54, 1.807) is 35.7 Å². The number of hydrogen-bond acceptors (Lipinski definition) is 4. The molecule has 4 rings (SSSR count). The molecule has 0 saturated carbocycles. The summed E-state index contributed by atoms with van der Waals surface area (Å²) in [4.78, 5) is 13.1. The number of benzene rings is 3. The van der Waals surface area contributed by atoms with Gasteiger partial charge in [-0.05, 0) is 47.9 Å². The first-order chi connectivity index (χ1) is 16.3. The van der Waals surface area contributed by atoms with Crippen molar-refractivity contribution in [3.63, 3.8) is 0 Å². The van der Waals surface area contributed by atoms with Gasteiger partial charge in [-0.2, -0.15) is 0 Å². The minimum Gasteiger partial charge on any atom is -0.321 e. The largest absolute Gasteiger partial charge is 0.321 e. The summed E-state index contributed by atoms with van der Waals surface area (Å²) in [5.41, 5.74) is 2.93. The van der Waals surface area contributed by atoms with Crippen LogP contribution in [0, 0.1) is 5.82 Å². The number of rotatable bonds is 7. The van der Waals surface area contributed by atoms with Crippen LogP contribution in [0.4, 0.5) is 15.8 Å². The lowest BCUT2D eigenvalue weighted by Crippen LogP contribution is -2.28. The molecule has 3 aromatic carbocycles. The molecule has 0 aliphatic heterocycles. The maximum atomic E-state index is 13.9. The van der Waals surface area contributed by atoms with Crippen LogP contribution >= 0.6 is 11.3 Å². The molecule has 0 bridgehead atoms. The van der Waals surface area contributed by atoms with E-state index >= 15 is 0 Å². The van der Waals surface area contributed by atoms with Gasteiger partial charge in [0.2, 0.25) is 0 Å². The molecule has 4 aromatic rings. The Labute approximate surface area is 202 Å². The van der Waals surface area contributed by atoms with E-state index in [0.29, 0.717) is 16.8 Å². The highest BCUT2D eigenvalue weighted by atomic mass is 32.2. The molecule has 0 aliphatic carbocycles. The smallest absolute Gasteiger partial charge is 0.267 e. The highest BCUT2D eigenvalue weighted by Crippen LogP contribution is 2.38. The van der Waals surface area contributed by atoms with Crippen molar-refractivity contribution >= 4 is 38.6 Å². The summed E-state index contributed by atoms with van der Waals surface area (Å²) in [5.74, 6) is -1.12. The summed E-state index contributed by atoms with van der Waals surface area (Å²) in [5, 5.41) is 4.28. The second-order valence-electron chi connectivity index (χ2n) is 7.63. The lowest BCUT2D eigenvalue weighted by molar-refractivity contribution is 0.102. The molecule has 1 heterocycles. The monoisotopic (exact) mass is 494 g/mol. The number of nitrogens with zero attached hydrogens (tertiary/aromatic N) is 1. The summed E-state index contributed by atoms with van der Waals surface area (Å²) in [6, 6.07) is 21.8. The van der Waals surface area contributed by atoms with Gasteiger partial charge in [0.25, 0.3) is 15.9 Å². The third-order valence-corrected chi connectivity index (χ3v) is 8.43. The number of nitrogens with one attached hydrogen (secondary N) is 1. The number of halogens is 1. The maximum absolute atomic E-state index is 13.9. The molecule has 1 N–H and O–H groups in total. The van der Waals surface area contributed by atoms with Crippen LogP contribution in [0.3, 0.4) is 0 Å². The summed E-state index contributed by atoms with van der Waals surface area (Å²) >= 11 is 1.04. The van der Waals surface area contributed by atoms with Gasteiger partial charge in [0.05, 0.1) is 5.69 Å². The molecule has 0 aliphatic rings. The average Bonchev–Trinajstić information content (AvgIpc) is 3.31. The van der Waals surface area contributed by atoms with Gasteiger partial charge in [-0.15, -0.1) is 11.3 Å². The summed E-state index contributed by atoms with van der Waals surface area (Å²) in [6.07, 6.45) is 0.837. The molecule has 0 saturated heterocycles. The van der Waals surface area contributed by atoms with Crippen LogP contribution < -0.4 is 9.62 Å². The molecule has 0 spiro atoms. The van der Waals surface area contributed by atoms with Crippen LogP contribution in [0.2, 0.25) is 0 Å². The van der Waals surface area contributed by atoms with E-state index in [-0.39, 0.29) is 15.5 Å². The van der Waals surface area contributed by atoms with Crippen LogP contribution in [-0.2, 0) is 16.4 Å². The fourth-order valence-electron chi connectivity index (χ4n) is 3.55. The molecule has 5 nitrogen and oxygen atoms in total. The Balaban J connectivity index is 1.81. The molecule has 0 atom stereocenters. The lowest BCUT2D eigenvalue weighted by atomic mass is 10.1. The zero-order valence-corrected chi connectivity index (χ0v) is 20.3. The Kier molecular flexibility index (Phi) is 6.81. The zero-order chi connectivity index (χ0) is 24.3. The van der Waals surface area contributed by atoms with Crippen LogP contribution in [0.5, 0.6) is 0 Å². The Morgan fingerprint density at radius 2 is 1.71 bits per heavy atom. The van der Waals surface area contributed by atoms with Gasteiger partial charge in [-0.1, -0.05) is 55.5 Å². The predicted molar refractivity (Wildman–Crippen MR) is 136 cm³/mol. The summed E-state index contributed by atoms with van der Waals surface area (Å²) in [6.45, 7) is 2.02. The Bertz CT molecular complexity index is 1420. The Morgan fingerprint density at radius 3 is 2.35 bits per heavy atom. The fourth-order valence-corrected chi connectivity index (χ4v) is 6.40. The second kappa shape index (κ2) is 9.79. The lowest BCUT2D eigenvalue weighted by Gasteiger charge is -2.21. The van der Waals surface area contributed by atoms with E-state index in [4.69, 9.17) is 0 Å². The van der Waals surface area contributed by atoms with Crippen LogP contribution in [-0.4, -0.2) is 21.4 Å². The number of carbonyl (C=O) groups is 1. The molecule has 1 aromatic heterocycles. The van der Waals surface area contributed by atoms with E-state index in [1.807, 2.05) is 37.3 Å². The molecule has 174 valence electrons. The summed E-state index contributed by atoms with van der Waals surface area (Å²) < 4.78 is 42.5. The van der Waals surface area contributed by atoms with E-state index in [9.17, 15) is 17.6 Å². The SMILES string of the molecule is CCc1ccc(N(C)S(=O)(=O)c2c(-c3ccccc3)csc2C(=O)Nc2cccc(F)c2)cc1. The van der Waals surface area contributed by atoms with Crippen LogP contribution in [0.1, 0.15) is 22.2 Å².